The number of hydrogen-bond acceptors (Lipinski definition) is 3. The number of carbonyl (C=O) groups is 1. The van der Waals surface area contributed by atoms with E-state index in [1.807, 2.05) is 16.9 Å². The van der Waals surface area contributed by atoms with Crippen LogP contribution in [-0.2, 0) is 17.9 Å². The lowest BCUT2D eigenvalue weighted by molar-refractivity contribution is -0.143. The van der Waals surface area contributed by atoms with E-state index in [1.165, 1.54) is 5.69 Å². The van der Waals surface area contributed by atoms with E-state index in [1.54, 1.807) is 0 Å². The summed E-state index contributed by atoms with van der Waals surface area (Å²) < 4.78 is 1.99. The van der Waals surface area contributed by atoms with Crippen molar-refractivity contribution in [3.63, 3.8) is 0 Å². The maximum atomic E-state index is 10.9. The Morgan fingerprint density at radius 3 is 2.84 bits per heavy atom. The minimum Gasteiger partial charge on any atom is -0.481 e. The number of aliphatic carboxylic acids is 1. The van der Waals surface area contributed by atoms with Crippen molar-refractivity contribution in [1.29, 1.82) is 0 Å². The summed E-state index contributed by atoms with van der Waals surface area (Å²) in [7, 11) is 0. The van der Waals surface area contributed by atoms with E-state index >= 15 is 0 Å². The Bertz CT molecular complexity index is 409. The van der Waals surface area contributed by atoms with E-state index < -0.39 is 5.97 Å². The normalized spacial score (nSPS) is 23.4. The van der Waals surface area contributed by atoms with Gasteiger partial charge in [0.05, 0.1) is 11.6 Å². The molecule has 1 fully saturated rings. The Hall–Kier alpha value is -1.36. The third-order valence-electron chi connectivity index (χ3n) is 4.04. The third kappa shape index (κ3) is 3.80. The zero-order chi connectivity index (χ0) is 13.7. The Balaban J connectivity index is 1.68. The van der Waals surface area contributed by atoms with Gasteiger partial charge in [-0.1, -0.05) is 0 Å². The summed E-state index contributed by atoms with van der Waals surface area (Å²) in [6, 6.07) is 2.04. The van der Waals surface area contributed by atoms with E-state index in [2.05, 4.69) is 17.3 Å². The molecule has 1 heterocycles. The van der Waals surface area contributed by atoms with Gasteiger partial charge in [0.2, 0.25) is 0 Å². The molecule has 0 aliphatic heterocycles. The fourth-order valence-electron chi connectivity index (χ4n) is 2.81. The highest BCUT2D eigenvalue weighted by Crippen LogP contribution is 2.28. The van der Waals surface area contributed by atoms with Crippen LogP contribution < -0.4 is 5.32 Å². The molecular formula is C14H23N3O2. The molecule has 0 aromatic carbocycles. The highest BCUT2D eigenvalue weighted by molar-refractivity contribution is 5.69. The van der Waals surface area contributed by atoms with E-state index in [0.717, 1.165) is 45.3 Å². The first-order valence-corrected chi connectivity index (χ1v) is 7.15. The molecule has 2 N–H and O–H groups in total. The molecule has 1 saturated carbocycles. The van der Waals surface area contributed by atoms with Crippen molar-refractivity contribution >= 4 is 5.97 Å². The number of carboxylic acid groups (broad SMARTS) is 1. The third-order valence-corrected chi connectivity index (χ3v) is 4.04. The van der Waals surface area contributed by atoms with Gasteiger partial charge in [-0.25, -0.2) is 0 Å². The van der Waals surface area contributed by atoms with Crippen molar-refractivity contribution in [1.82, 2.24) is 15.1 Å². The predicted octanol–water partition coefficient (Wildman–Crippen LogP) is 1.88. The van der Waals surface area contributed by atoms with Crippen molar-refractivity contribution < 1.29 is 9.90 Å². The summed E-state index contributed by atoms with van der Waals surface area (Å²) in [6.07, 6.45) is 5.54. The summed E-state index contributed by atoms with van der Waals surface area (Å²) >= 11 is 0. The molecule has 0 amide bonds. The molecule has 0 bridgehead atoms. The molecule has 1 aromatic heterocycles. The van der Waals surface area contributed by atoms with E-state index in [9.17, 15) is 4.79 Å². The second-order valence-corrected chi connectivity index (χ2v) is 5.33. The molecule has 19 heavy (non-hydrogen) atoms. The van der Waals surface area contributed by atoms with Crippen LogP contribution in [0, 0.1) is 11.8 Å². The van der Waals surface area contributed by atoms with Gasteiger partial charge in [-0.2, -0.15) is 5.10 Å². The van der Waals surface area contributed by atoms with Crippen molar-refractivity contribution in [2.45, 2.75) is 45.7 Å². The molecule has 0 atom stereocenters. The van der Waals surface area contributed by atoms with Crippen LogP contribution in [0.4, 0.5) is 0 Å². The largest absolute Gasteiger partial charge is 0.481 e. The van der Waals surface area contributed by atoms with Gasteiger partial charge >= 0.3 is 5.97 Å². The van der Waals surface area contributed by atoms with Crippen LogP contribution in [0.5, 0.6) is 0 Å². The molecule has 0 saturated heterocycles. The van der Waals surface area contributed by atoms with Gasteiger partial charge < -0.3 is 10.4 Å². The molecule has 0 radical (unpaired) electrons. The van der Waals surface area contributed by atoms with Gasteiger partial charge in [-0.05, 0) is 51.1 Å². The minimum absolute atomic E-state index is 0.113. The summed E-state index contributed by atoms with van der Waals surface area (Å²) in [5.41, 5.74) is 1.21. The Morgan fingerprint density at radius 1 is 1.47 bits per heavy atom. The molecule has 1 aliphatic rings. The molecule has 0 unspecified atom stereocenters. The summed E-state index contributed by atoms with van der Waals surface area (Å²) in [4.78, 5) is 10.9. The fraction of sp³-hybridized carbons (Fsp3) is 0.714. The van der Waals surface area contributed by atoms with Crippen molar-refractivity contribution in [3.05, 3.63) is 18.0 Å². The number of aromatic nitrogens is 2. The van der Waals surface area contributed by atoms with Gasteiger partial charge in [0.1, 0.15) is 0 Å². The smallest absolute Gasteiger partial charge is 0.306 e. The first-order chi connectivity index (χ1) is 9.20. The van der Waals surface area contributed by atoms with Crippen LogP contribution in [0.25, 0.3) is 0 Å². The molecule has 1 aliphatic carbocycles. The van der Waals surface area contributed by atoms with E-state index in [-0.39, 0.29) is 5.92 Å². The molecule has 0 spiro atoms. The van der Waals surface area contributed by atoms with E-state index in [4.69, 9.17) is 5.11 Å². The lowest BCUT2D eigenvalue weighted by atomic mass is 9.82. The number of hydrogen-bond donors (Lipinski definition) is 2. The number of nitrogens with one attached hydrogen (secondary N) is 1. The topological polar surface area (TPSA) is 67.2 Å². The average Bonchev–Trinajstić information content (AvgIpc) is 2.87. The maximum Gasteiger partial charge on any atom is 0.306 e. The first-order valence-electron chi connectivity index (χ1n) is 7.15. The monoisotopic (exact) mass is 265 g/mol. The quantitative estimate of drug-likeness (QED) is 0.824. The lowest BCUT2D eigenvalue weighted by Crippen LogP contribution is -2.29. The van der Waals surface area contributed by atoms with Crippen molar-refractivity contribution in [2.75, 3.05) is 6.54 Å². The molecule has 1 aromatic rings. The minimum atomic E-state index is -0.627. The number of aryl methyl sites for hydroxylation is 1. The van der Waals surface area contributed by atoms with Crippen molar-refractivity contribution in [3.8, 4) is 0 Å². The van der Waals surface area contributed by atoms with Crippen LogP contribution >= 0.6 is 0 Å². The fourth-order valence-corrected chi connectivity index (χ4v) is 2.81. The van der Waals surface area contributed by atoms with Gasteiger partial charge in [0, 0.05) is 19.3 Å². The number of rotatable bonds is 6. The maximum absolute atomic E-state index is 10.9. The zero-order valence-electron chi connectivity index (χ0n) is 11.5. The summed E-state index contributed by atoms with van der Waals surface area (Å²) in [6.45, 7) is 4.80. The second-order valence-electron chi connectivity index (χ2n) is 5.33. The first kappa shape index (κ1) is 14.1. The van der Waals surface area contributed by atoms with Crippen LogP contribution in [0.1, 0.15) is 38.3 Å². The van der Waals surface area contributed by atoms with Gasteiger partial charge in [-0.3, -0.25) is 9.48 Å². The molecule has 2 rings (SSSR count). The van der Waals surface area contributed by atoms with Gasteiger partial charge in [0.25, 0.3) is 0 Å². The molecule has 5 heteroatoms. The SMILES string of the molecule is CCn1nccc1CNCC1CCC(C(=O)O)CC1. The van der Waals surface area contributed by atoms with Crippen LogP contribution in [0.2, 0.25) is 0 Å². The number of carboxylic acids is 1. The second kappa shape index (κ2) is 6.70. The standard InChI is InChI=1S/C14H23N3O2/c1-2-17-13(7-8-16-17)10-15-9-11-3-5-12(6-4-11)14(18)19/h7-8,11-12,15H,2-6,9-10H2,1H3,(H,18,19). The highest BCUT2D eigenvalue weighted by Gasteiger charge is 2.25. The van der Waals surface area contributed by atoms with Crippen LogP contribution in [-0.4, -0.2) is 27.4 Å². The number of nitrogens with zero attached hydrogens (tertiary/aromatic N) is 2. The molecule has 106 valence electrons. The van der Waals surface area contributed by atoms with Gasteiger partial charge in [-0.15, -0.1) is 0 Å². The Labute approximate surface area is 114 Å². The summed E-state index contributed by atoms with van der Waals surface area (Å²) in [5.74, 6) is -0.121. The van der Waals surface area contributed by atoms with E-state index in [0.29, 0.717) is 5.92 Å². The Morgan fingerprint density at radius 2 is 2.21 bits per heavy atom. The lowest BCUT2D eigenvalue weighted by Gasteiger charge is -2.26. The Kier molecular flexibility index (Phi) is 4.96. The average molecular weight is 265 g/mol. The van der Waals surface area contributed by atoms with Crippen LogP contribution in [0.3, 0.4) is 0 Å². The van der Waals surface area contributed by atoms with Crippen LogP contribution in [0.15, 0.2) is 12.3 Å². The molecular weight excluding hydrogens is 242 g/mol. The molecule has 5 nitrogen and oxygen atoms in total. The highest BCUT2D eigenvalue weighted by atomic mass is 16.4. The summed E-state index contributed by atoms with van der Waals surface area (Å²) in [5, 5.41) is 16.7. The van der Waals surface area contributed by atoms with Gasteiger partial charge in [0.15, 0.2) is 0 Å². The predicted molar refractivity (Wildman–Crippen MR) is 72.7 cm³/mol. The van der Waals surface area contributed by atoms with Crippen molar-refractivity contribution in [2.24, 2.45) is 11.8 Å². The zero-order valence-corrected chi connectivity index (χ0v) is 11.5.